The van der Waals surface area contributed by atoms with Crippen LogP contribution in [0.15, 0.2) is 34.1 Å². The Morgan fingerprint density at radius 1 is 0.656 bits per heavy atom. The zero-order valence-electron chi connectivity index (χ0n) is 20.3. The Balaban J connectivity index is 0.000000320. The van der Waals surface area contributed by atoms with Gasteiger partial charge in [-0.2, -0.15) is 0 Å². The predicted molar refractivity (Wildman–Crippen MR) is 128 cm³/mol. The first-order valence-electron chi connectivity index (χ1n) is 10.2. The largest absolute Gasteiger partial charge is 0.490 e. The number of hydrogen-bond acceptors (Lipinski definition) is 6. The van der Waals surface area contributed by atoms with Gasteiger partial charge in [-0.05, 0) is 102 Å². The van der Waals surface area contributed by atoms with Crippen molar-refractivity contribution in [3.05, 3.63) is 46.5 Å². The van der Waals surface area contributed by atoms with Gasteiger partial charge in [0, 0.05) is 6.26 Å². The molecule has 0 aliphatic heterocycles. The van der Waals surface area contributed by atoms with Crippen molar-refractivity contribution in [3.8, 4) is 11.5 Å². The lowest BCUT2D eigenvalue weighted by Gasteiger charge is -2.16. The van der Waals surface area contributed by atoms with E-state index in [1.807, 2.05) is 41.5 Å². The molecule has 0 atom stereocenters. The second-order valence-electron chi connectivity index (χ2n) is 8.42. The molecule has 0 saturated carbocycles. The van der Waals surface area contributed by atoms with Crippen molar-refractivity contribution in [1.29, 1.82) is 0 Å². The van der Waals surface area contributed by atoms with E-state index >= 15 is 0 Å². The van der Waals surface area contributed by atoms with E-state index in [-0.39, 0.29) is 17.1 Å². The van der Waals surface area contributed by atoms with Crippen molar-refractivity contribution in [1.82, 2.24) is 0 Å². The molecule has 7 nitrogen and oxygen atoms in total. The van der Waals surface area contributed by atoms with Crippen molar-refractivity contribution in [2.75, 3.05) is 6.26 Å². The first kappa shape index (κ1) is 27.9. The summed E-state index contributed by atoms with van der Waals surface area (Å²) in [4.78, 5) is 0.470. The molecule has 0 saturated heterocycles. The van der Waals surface area contributed by atoms with Crippen LogP contribution in [0, 0.1) is 27.7 Å². The quantitative estimate of drug-likeness (QED) is 0.655. The van der Waals surface area contributed by atoms with Crippen molar-refractivity contribution in [3.63, 3.8) is 0 Å². The molecule has 2 rings (SSSR count). The topological polar surface area (TPSA) is 113 Å². The number of nitrogens with two attached hydrogens (primary N) is 1. The van der Waals surface area contributed by atoms with Gasteiger partial charge in [-0.15, -0.1) is 0 Å². The molecule has 0 aromatic heterocycles. The SMILES string of the molecule is Cc1cc(S(C)(=O)=O)cc(C)c1OC(C)C.Cc1cc(S(N)(=O)=O)cc(C)c1OC(C)C. The maximum Gasteiger partial charge on any atom is 0.238 e. The minimum Gasteiger partial charge on any atom is -0.490 e. The molecule has 0 aliphatic rings. The van der Waals surface area contributed by atoms with E-state index in [1.54, 1.807) is 26.0 Å². The third kappa shape index (κ3) is 8.11. The maximum atomic E-state index is 11.4. The minimum atomic E-state index is -3.65. The number of hydrogen-bond donors (Lipinski definition) is 1. The van der Waals surface area contributed by atoms with Crippen molar-refractivity contribution in [2.45, 2.75) is 77.4 Å². The lowest BCUT2D eigenvalue weighted by atomic mass is 10.1. The van der Waals surface area contributed by atoms with Gasteiger partial charge in [0.2, 0.25) is 10.0 Å². The Hall–Kier alpha value is -2.10. The Labute approximate surface area is 192 Å². The van der Waals surface area contributed by atoms with Crippen LogP contribution in [-0.4, -0.2) is 35.3 Å². The molecule has 2 N–H and O–H groups in total. The molecule has 0 aliphatic carbocycles. The number of sulfone groups is 1. The average Bonchev–Trinajstić information content (AvgIpc) is 2.59. The molecule has 0 bridgehead atoms. The first-order valence-corrected chi connectivity index (χ1v) is 13.7. The molecular formula is C23H35NO6S2. The van der Waals surface area contributed by atoms with Crippen LogP contribution in [0.25, 0.3) is 0 Å². The molecule has 0 heterocycles. The molecule has 0 amide bonds. The van der Waals surface area contributed by atoms with Gasteiger partial charge in [-0.25, -0.2) is 22.0 Å². The zero-order chi connectivity index (χ0) is 25.0. The highest BCUT2D eigenvalue weighted by Crippen LogP contribution is 2.28. The van der Waals surface area contributed by atoms with Crippen molar-refractivity contribution >= 4 is 19.9 Å². The summed E-state index contributed by atoms with van der Waals surface area (Å²) in [5.41, 5.74) is 3.26. The van der Waals surface area contributed by atoms with E-state index in [0.717, 1.165) is 33.8 Å². The standard InChI is InChI=1S/C12H18O3S.C11H17NO3S/c1-8(2)15-12-9(3)6-11(7-10(12)4)16(5,13)14;1-7(2)15-11-8(3)5-10(6-9(11)4)16(12,13)14/h6-8H,1-5H3;5-7H,1-4H3,(H2,12,13,14). The average molecular weight is 486 g/mol. The van der Waals surface area contributed by atoms with Crippen LogP contribution in [0.5, 0.6) is 11.5 Å². The smallest absolute Gasteiger partial charge is 0.238 e. The number of ether oxygens (including phenoxy) is 2. The summed E-state index contributed by atoms with van der Waals surface area (Å²) < 4.78 is 56.5. The highest BCUT2D eigenvalue weighted by atomic mass is 32.2. The Kier molecular flexibility index (Phi) is 9.32. The fourth-order valence-corrected chi connectivity index (χ4v) is 4.51. The minimum absolute atomic E-state index is 0.0535. The molecule has 2 aromatic carbocycles. The third-order valence-corrected chi connectivity index (χ3v) is 6.32. The molecule has 180 valence electrons. The van der Waals surface area contributed by atoms with E-state index in [0.29, 0.717) is 4.90 Å². The molecule has 9 heteroatoms. The van der Waals surface area contributed by atoms with Gasteiger partial charge in [-0.3, -0.25) is 0 Å². The summed E-state index contributed by atoms with van der Waals surface area (Å²) in [7, 11) is -6.80. The molecule has 0 fully saturated rings. The second-order valence-corrected chi connectivity index (χ2v) is 12.0. The Bertz CT molecular complexity index is 1030. The summed E-state index contributed by atoms with van der Waals surface area (Å²) in [6.07, 6.45) is 1.35. The van der Waals surface area contributed by atoms with Crippen LogP contribution >= 0.6 is 0 Å². The van der Waals surface area contributed by atoms with Crippen molar-refractivity contribution < 1.29 is 26.3 Å². The van der Waals surface area contributed by atoms with E-state index < -0.39 is 19.9 Å². The van der Waals surface area contributed by atoms with Crippen LogP contribution in [0.2, 0.25) is 0 Å². The predicted octanol–water partition coefficient (Wildman–Crippen LogP) is 4.23. The first-order chi connectivity index (χ1) is 14.4. The lowest BCUT2D eigenvalue weighted by molar-refractivity contribution is 0.238. The van der Waals surface area contributed by atoms with Crippen LogP contribution < -0.4 is 14.6 Å². The van der Waals surface area contributed by atoms with Crippen LogP contribution in [0.4, 0.5) is 0 Å². The number of aryl methyl sites for hydroxylation is 4. The second kappa shape index (κ2) is 10.7. The third-order valence-electron chi connectivity index (χ3n) is 4.33. The van der Waals surface area contributed by atoms with Crippen LogP contribution in [-0.2, 0) is 19.9 Å². The van der Waals surface area contributed by atoms with Gasteiger partial charge in [0.05, 0.1) is 22.0 Å². The van der Waals surface area contributed by atoms with E-state index in [2.05, 4.69) is 0 Å². The van der Waals surface area contributed by atoms with Gasteiger partial charge in [0.25, 0.3) is 0 Å². The molecule has 32 heavy (non-hydrogen) atoms. The van der Waals surface area contributed by atoms with Gasteiger partial charge in [0.15, 0.2) is 9.84 Å². The van der Waals surface area contributed by atoms with Gasteiger partial charge < -0.3 is 9.47 Å². The maximum absolute atomic E-state index is 11.4. The molecule has 0 radical (unpaired) electrons. The highest BCUT2D eigenvalue weighted by molar-refractivity contribution is 7.90. The fourth-order valence-electron chi connectivity index (χ4n) is 3.04. The molecule has 0 spiro atoms. The van der Waals surface area contributed by atoms with Gasteiger partial charge in [-0.1, -0.05) is 0 Å². The zero-order valence-corrected chi connectivity index (χ0v) is 21.9. The monoisotopic (exact) mass is 485 g/mol. The summed E-state index contributed by atoms with van der Waals surface area (Å²) in [6.45, 7) is 15.1. The number of benzene rings is 2. The summed E-state index contributed by atoms with van der Waals surface area (Å²) in [6, 6.07) is 6.36. The molecular weight excluding hydrogens is 450 g/mol. The van der Waals surface area contributed by atoms with E-state index in [1.165, 1.54) is 18.4 Å². The Morgan fingerprint density at radius 2 is 0.938 bits per heavy atom. The summed E-state index contributed by atoms with van der Waals surface area (Å²) in [5.74, 6) is 1.50. The fraction of sp³-hybridized carbons (Fsp3) is 0.478. The normalized spacial score (nSPS) is 11.9. The molecule has 0 unspecified atom stereocenters. The summed E-state index contributed by atoms with van der Waals surface area (Å²) in [5, 5.41) is 5.08. The highest BCUT2D eigenvalue weighted by Gasteiger charge is 2.15. The summed E-state index contributed by atoms with van der Waals surface area (Å²) >= 11 is 0. The number of sulfonamides is 1. The molecule has 2 aromatic rings. The van der Waals surface area contributed by atoms with Gasteiger partial charge in [0.1, 0.15) is 11.5 Å². The van der Waals surface area contributed by atoms with Gasteiger partial charge >= 0.3 is 0 Å². The lowest BCUT2D eigenvalue weighted by Crippen LogP contribution is -2.14. The van der Waals surface area contributed by atoms with Crippen LogP contribution in [0.3, 0.4) is 0 Å². The van der Waals surface area contributed by atoms with E-state index in [4.69, 9.17) is 14.6 Å². The van der Waals surface area contributed by atoms with Crippen LogP contribution in [0.1, 0.15) is 49.9 Å². The van der Waals surface area contributed by atoms with E-state index in [9.17, 15) is 16.8 Å². The Morgan fingerprint density at radius 3 is 1.16 bits per heavy atom. The number of rotatable bonds is 6. The number of primary sulfonamides is 1. The van der Waals surface area contributed by atoms with Crippen molar-refractivity contribution in [2.24, 2.45) is 5.14 Å².